The molecule has 1 aromatic rings. The maximum Gasteiger partial charge on any atom is 0.252 e. The van der Waals surface area contributed by atoms with Gasteiger partial charge in [-0.05, 0) is 12.1 Å². The molecular weight excluding hydrogens is 300 g/mol. The predicted molar refractivity (Wildman–Crippen MR) is 78.3 cm³/mol. The second kappa shape index (κ2) is 6.53. The van der Waals surface area contributed by atoms with Crippen LogP contribution in [-0.4, -0.2) is 52.0 Å². The van der Waals surface area contributed by atoms with Crippen LogP contribution in [0.2, 0.25) is 0 Å². The average Bonchev–Trinajstić information content (AvgIpc) is 2.95. The quantitative estimate of drug-likeness (QED) is 0.592. The van der Waals surface area contributed by atoms with Gasteiger partial charge in [0.2, 0.25) is 0 Å². The molecule has 1 saturated heterocycles. The maximum absolute atomic E-state index is 12.4. The van der Waals surface area contributed by atoms with Crippen LogP contribution in [0.1, 0.15) is 4.88 Å². The highest BCUT2D eigenvalue weighted by Crippen LogP contribution is 2.25. The number of hydrogen-bond acceptors (Lipinski definition) is 5. The summed E-state index contributed by atoms with van der Waals surface area (Å²) in [5.41, 5.74) is 5.53. The highest BCUT2D eigenvalue weighted by molar-refractivity contribution is 7.91. The molecule has 20 heavy (non-hydrogen) atoms. The topological polar surface area (TPSA) is 97.0 Å². The van der Waals surface area contributed by atoms with Gasteiger partial charge in [-0.1, -0.05) is 0 Å². The second-order valence-electron chi connectivity index (χ2n) is 4.20. The third-order valence-corrected chi connectivity index (χ3v) is 6.34. The molecule has 0 saturated carbocycles. The summed E-state index contributed by atoms with van der Waals surface area (Å²) in [6.07, 6.45) is 0. The van der Waals surface area contributed by atoms with Gasteiger partial charge in [0.05, 0.1) is 19.8 Å². The van der Waals surface area contributed by atoms with Gasteiger partial charge in [-0.25, -0.2) is 8.42 Å². The van der Waals surface area contributed by atoms with E-state index in [1.165, 1.54) is 15.6 Å². The van der Waals surface area contributed by atoms with E-state index < -0.39 is 10.0 Å². The molecule has 0 aromatic carbocycles. The van der Waals surface area contributed by atoms with Crippen molar-refractivity contribution in [1.82, 2.24) is 9.62 Å². The lowest BCUT2D eigenvalue weighted by Crippen LogP contribution is -2.40. The summed E-state index contributed by atoms with van der Waals surface area (Å²) in [5, 5.41) is 2.90. The summed E-state index contributed by atoms with van der Waals surface area (Å²) in [5.74, 6) is 0.330. The van der Waals surface area contributed by atoms with E-state index in [0.29, 0.717) is 43.0 Å². The van der Waals surface area contributed by atoms with E-state index >= 15 is 0 Å². The summed E-state index contributed by atoms with van der Waals surface area (Å²) in [4.78, 5) is 4.67. The highest BCUT2D eigenvalue weighted by Gasteiger charge is 2.27. The fourth-order valence-corrected chi connectivity index (χ4v) is 4.62. The van der Waals surface area contributed by atoms with Crippen LogP contribution in [0.15, 0.2) is 21.3 Å². The number of ether oxygens (including phenoxy) is 1. The Kier molecular flexibility index (Phi) is 4.97. The van der Waals surface area contributed by atoms with E-state index in [0.717, 1.165) is 4.88 Å². The van der Waals surface area contributed by atoms with Crippen LogP contribution in [0.4, 0.5) is 0 Å². The summed E-state index contributed by atoms with van der Waals surface area (Å²) < 4.78 is 31.8. The minimum Gasteiger partial charge on any atom is -0.379 e. The number of sulfonamides is 1. The molecule has 2 heterocycles. The molecule has 7 nitrogen and oxygen atoms in total. The van der Waals surface area contributed by atoms with Crippen molar-refractivity contribution < 1.29 is 13.2 Å². The Morgan fingerprint density at radius 1 is 1.50 bits per heavy atom. The Morgan fingerprint density at radius 3 is 2.85 bits per heavy atom. The van der Waals surface area contributed by atoms with Crippen LogP contribution < -0.4 is 11.1 Å². The van der Waals surface area contributed by atoms with Gasteiger partial charge < -0.3 is 15.8 Å². The molecule has 0 radical (unpaired) electrons. The average molecular weight is 318 g/mol. The van der Waals surface area contributed by atoms with Crippen molar-refractivity contribution in [1.29, 1.82) is 0 Å². The zero-order valence-electron chi connectivity index (χ0n) is 11.2. The molecule has 1 aromatic heterocycles. The lowest BCUT2D eigenvalue weighted by molar-refractivity contribution is 0.0731. The third-order valence-electron chi connectivity index (χ3n) is 2.89. The molecule has 9 heteroatoms. The summed E-state index contributed by atoms with van der Waals surface area (Å²) in [6, 6.07) is 3.42. The van der Waals surface area contributed by atoms with E-state index in [-0.39, 0.29) is 0 Å². The number of nitrogens with one attached hydrogen (secondary N) is 1. The Labute approximate surface area is 122 Å². The monoisotopic (exact) mass is 318 g/mol. The number of aliphatic imine (C=N–C) groups is 1. The maximum atomic E-state index is 12.4. The number of nitrogens with zero attached hydrogens (tertiary/aromatic N) is 2. The van der Waals surface area contributed by atoms with E-state index in [1.54, 1.807) is 19.2 Å². The Bertz CT molecular complexity index is 576. The fourth-order valence-electron chi connectivity index (χ4n) is 1.76. The Balaban J connectivity index is 2.07. The van der Waals surface area contributed by atoms with Gasteiger partial charge in [0.1, 0.15) is 4.21 Å². The predicted octanol–water partition coefficient (Wildman–Crippen LogP) is -0.197. The third kappa shape index (κ3) is 3.48. The zero-order chi connectivity index (χ0) is 14.6. The van der Waals surface area contributed by atoms with Gasteiger partial charge in [0.15, 0.2) is 5.96 Å². The summed E-state index contributed by atoms with van der Waals surface area (Å²) >= 11 is 1.24. The first-order valence-electron chi connectivity index (χ1n) is 6.17. The molecule has 2 rings (SSSR count). The largest absolute Gasteiger partial charge is 0.379 e. The first-order valence-corrected chi connectivity index (χ1v) is 8.42. The van der Waals surface area contributed by atoms with E-state index in [1.807, 2.05) is 0 Å². The molecule has 0 bridgehead atoms. The van der Waals surface area contributed by atoms with Crippen molar-refractivity contribution >= 4 is 27.3 Å². The van der Waals surface area contributed by atoms with Crippen LogP contribution in [0.5, 0.6) is 0 Å². The van der Waals surface area contributed by atoms with Crippen molar-refractivity contribution in [2.24, 2.45) is 10.7 Å². The number of rotatable bonds is 4. The number of thiophene rings is 1. The lowest BCUT2D eigenvalue weighted by Gasteiger charge is -2.25. The normalized spacial score (nSPS) is 18.1. The van der Waals surface area contributed by atoms with Crippen molar-refractivity contribution in [3.63, 3.8) is 0 Å². The molecule has 0 amide bonds. The van der Waals surface area contributed by atoms with Crippen molar-refractivity contribution in [3.05, 3.63) is 17.0 Å². The molecule has 1 aliphatic rings. The first-order chi connectivity index (χ1) is 9.54. The zero-order valence-corrected chi connectivity index (χ0v) is 12.8. The van der Waals surface area contributed by atoms with Crippen molar-refractivity contribution in [2.75, 3.05) is 33.4 Å². The number of morpholine rings is 1. The molecule has 0 unspecified atom stereocenters. The van der Waals surface area contributed by atoms with Gasteiger partial charge >= 0.3 is 0 Å². The van der Waals surface area contributed by atoms with E-state index in [2.05, 4.69) is 10.3 Å². The van der Waals surface area contributed by atoms with Crippen LogP contribution in [0.25, 0.3) is 0 Å². The molecule has 1 aliphatic heterocycles. The van der Waals surface area contributed by atoms with Gasteiger partial charge in [-0.15, -0.1) is 11.3 Å². The minimum atomic E-state index is -3.40. The number of guanidine groups is 1. The Morgan fingerprint density at radius 2 is 2.20 bits per heavy atom. The first kappa shape index (κ1) is 15.2. The SMILES string of the molecule is CN=C(N)NCc1ccc(S(=O)(=O)N2CCOCC2)s1. The van der Waals surface area contributed by atoms with E-state index in [9.17, 15) is 8.42 Å². The minimum absolute atomic E-state index is 0.330. The smallest absolute Gasteiger partial charge is 0.252 e. The van der Waals surface area contributed by atoms with Crippen molar-refractivity contribution in [3.8, 4) is 0 Å². The summed E-state index contributed by atoms with van der Waals surface area (Å²) in [6.45, 7) is 2.17. The van der Waals surface area contributed by atoms with Crippen molar-refractivity contribution in [2.45, 2.75) is 10.8 Å². The molecular formula is C11H18N4O3S2. The molecule has 0 atom stereocenters. The molecule has 0 aliphatic carbocycles. The van der Waals surface area contributed by atoms with Crippen LogP contribution >= 0.6 is 11.3 Å². The molecule has 112 valence electrons. The Hall–Kier alpha value is -1.16. The number of nitrogens with two attached hydrogens (primary N) is 1. The number of hydrogen-bond donors (Lipinski definition) is 2. The second-order valence-corrected chi connectivity index (χ2v) is 7.53. The van der Waals surface area contributed by atoms with Gasteiger partial charge in [0.25, 0.3) is 10.0 Å². The van der Waals surface area contributed by atoms with Gasteiger partial charge in [0, 0.05) is 25.0 Å². The fraction of sp³-hybridized carbons (Fsp3) is 0.545. The highest BCUT2D eigenvalue weighted by atomic mass is 32.2. The van der Waals surface area contributed by atoms with Crippen LogP contribution in [0.3, 0.4) is 0 Å². The van der Waals surface area contributed by atoms with Crippen LogP contribution in [-0.2, 0) is 21.3 Å². The lowest BCUT2D eigenvalue weighted by atomic mass is 10.5. The van der Waals surface area contributed by atoms with Gasteiger partial charge in [-0.3, -0.25) is 4.99 Å². The van der Waals surface area contributed by atoms with E-state index in [4.69, 9.17) is 10.5 Å². The summed E-state index contributed by atoms with van der Waals surface area (Å²) in [7, 11) is -1.81. The van der Waals surface area contributed by atoms with Gasteiger partial charge in [-0.2, -0.15) is 4.31 Å². The molecule has 3 N–H and O–H groups in total. The van der Waals surface area contributed by atoms with Crippen LogP contribution in [0, 0.1) is 0 Å². The molecule has 0 spiro atoms. The molecule has 1 fully saturated rings. The standard InChI is InChI=1S/C11H18N4O3S2/c1-13-11(12)14-8-9-2-3-10(19-9)20(16,17)15-4-6-18-7-5-15/h2-3H,4-8H2,1H3,(H3,12,13,14).